The highest BCUT2D eigenvalue weighted by Gasteiger charge is 2.15. The monoisotopic (exact) mass is 279 g/mol. The lowest BCUT2D eigenvalue weighted by Crippen LogP contribution is -2.22. The van der Waals surface area contributed by atoms with Crippen LogP contribution in [0, 0.1) is 0 Å². The quantitative estimate of drug-likeness (QED) is 0.856. The summed E-state index contributed by atoms with van der Waals surface area (Å²) in [5.74, 6) is 0. The van der Waals surface area contributed by atoms with E-state index in [1.165, 1.54) is 0 Å². The fourth-order valence-electron chi connectivity index (χ4n) is 1.98. The normalized spacial score (nSPS) is 12.4. The van der Waals surface area contributed by atoms with Gasteiger partial charge in [0.2, 0.25) is 0 Å². The third-order valence-electron chi connectivity index (χ3n) is 2.83. The van der Waals surface area contributed by atoms with Gasteiger partial charge in [0.1, 0.15) is 0 Å². The standard InChI is InChI=1S/C15H15Cl2N/c1-2-18-15(11-7-9-12(16)10-8-11)13-5-3-4-6-14(13)17/h3-10,15,18H,2H2,1H3. The van der Waals surface area contributed by atoms with E-state index in [0.29, 0.717) is 0 Å². The van der Waals surface area contributed by atoms with Crippen molar-refractivity contribution in [1.29, 1.82) is 0 Å². The molecule has 0 saturated heterocycles. The summed E-state index contributed by atoms with van der Waals surface area (Å²) in [5, 5.41) is 4.97. The Morgan fingerprint density at radius 3 is 2.28 bits per heavy atom. The highest BCUT2D eigenvalue weighted by molar-refractivity contribution is 6.31. The molecule has 0 spiro atoms. The van der Waals surface area contributed by atoms with Gasteiger partial charge in [-0.25, -0.2) is 0 Å². The summed E-state index contributed by atoms with van der Waals surface area (Å²) in [6.45, 7) is 2.96. The molecule has 3 heteroatoms. The first-order chi connectivity index (χ1) is 8.72. The van der Waals surface area contributed by atoms with Crippen LogP contribution in [-0.2, 0) is 0 Å². The van der Waals surface area contributed by atoms with Crippen LogP contribution in [0.3, 0.4) is 0 Å². The Morgan fingerprint density at radius 1 is 1.00 bits per heavy atom. The van der Waals surface area contributed by atoms with E-state index in [1.54, 1.807) is 0 Å². The van der Waals surface area contributed by atoms with Gasteiger partial charge >= 0.3 is 0 Å². The van der Waals surface area contributed by atoms with Gasteiger partial charge in [-0.15, -0.1) is 0 Å². The predicted molar refractivity (Wildman–Crippen MR) is 78.4 cm³/mol. The van der Waals surface area contributed by atoms with Crippen LogP contribution in [0.2, 0.25) is 10.0 Å². The second-order valence-electron chi connectivity index (χ2n) is 4.06. The van der Waals surface area contributed by atoms with E-state index in [1.807, 2.05) is 48.5 Å². The Hall–Kier alpha value is -1.02. The van der Waals surface area contributed by atoms with Gasteiger partial charge in [0.15, 0.2) is 0 Å². The van der Waals surface area contributed by atoms with Gasteiger partial charge in [-0.2, -0.15) is 0 Å². The molecule has 0 radical (unpaired) electrons. The van der Waals surface area contributed by atoms with E-state index < -0.39 is 0 Å². The Balaban J connectivity index is 2.40. The minimum absolute atomic E-state index is 0.0981. The molecule has 0 aliphatic rings. The highest BCUT2D eigenvalue weighted by Crippen LogP contribution is 2.28. The fraction of sp³-hybridized carbons (Fsp3) is 0.200. The molecule has 0 aliphatic heterocycles. The van der Waals surface area contributed by atoms with Gasteiger partial charge in [-0.1, -0.05) is 60.5 Å². The second kappa shape index (κ2) is 6.24. The topological polar surface area (TPSA) is 12.0 Å². The van der Waals surface area contributed by atoms with Gasteiger partial charge in [0.25, 0.3) is 0 Å². The first kappa shape index (κ1) is 13.4. The lowest BCUT2D eigenvalue weighted by atomic mass is 9.98. The third-order valence-corrected chi connectivity index (χ3v) is 3.42. The van der Waals surface area contributed by atoms with Crippen molar-refractivity contribution in [2.24, 2.45) is 0 Å². The average molecular weight is 280 g/mol. The van der Waals surface area contributed by atoms with E-state index in [-0.39, 0.29) is 6.04 Å². The maximum absolute atomic E-state index is 6.27. The number of halogens is 2. The van der Waals surface area contributed by atoms with Gasteiger partial charge in [-0.05, 0) is 35.9 Å². The van der Waals surface area contributed by atoms with Crippen molar-refractivity contribution in [3.05, 3.63) is 69.7 Å². The lowest BCUT2D eigenvalue weighted by Gasteiger charge is -2.20. The molecular weight excluding hydrogens is 265 g/mol. The number of rotatable bonds is 4. The molecule has 1 N–H and O–H groups in total. The van der Waals surface area contributed by atoms with Gasteiger partial charge < -0.3 is 5.32 Å². The lowest BCUT2D eigenvalue weighted by molar-refractivity contribution is 0.631. The maximum atomic E-state index is 6.27. The van der Waals surface area contributed by atoms with Crippen molar-refractivity contribution in [3.63, 3.8) is 0 Å². The number of hydrogen-bond donors (Lipinski definition) is 1. The molecule has 94 valence electrons. The minimum atomic E-state index is 0.0981. The van der Waals surface area contributed by atoms with Crippen LogP contribution in [0.1, 0.15) is 24.1 Å². The maximum Gasteiger partial charge on any atom is 0.0591 e. The van der Waals surface area contributed by atoms with Crippen LogP contribution in [-0.4, -0.2) is 6.54 Å². The molecule has 18 heavy (non-hydrogen) atoms. The number of hydrogen-bond acceptors (Lipinski definition) is 1. The van der Waals surface area contributed by atoms with Crippen molar-refractivity contribution >= 4 is 23.2 Å². The molecule has 0 aliphatic carbocycles. The molecule has 1 atom stereocenters. The minimum Gasteiger partial charge on any atom is -0.306 e. The molecule has 1 unspecified atom stereocenters. The molecule has 0 fully saturated rings. The zero-order chi connectivity index (χ0) is 13.0. The number of benzene rings is 2. The smallest absolute Gasteiger partial charge is 0.0591 e. The van der Waals surface area contributed by atoms with E-state index in [4.69, 9.17) is 23.2 Å². The summed E-state index contributed by atoms with van der Waals surface area (Å²) in [5.41, 5.74) is 2.25. The Kier molecular flexibility index (Phi) is 4.65. The molecule has 2 aromatic carbocycles. The summed E-state index contributed by atoms with van der Waals surface area (Å²) >= 11 is 12.2. The van der Waals surface area contributed by atoms with Gasteiger partial charge in [-0.3, -0.25) is 0 Å². The second-order valence-corrected chi connectivity index (χ2v) is 4.91. The van der Waals surface area contributed by atoms with E-state index in [2.05, 4.69) is 12.2 Å². The molecule has 0 saturated carbocycles. The molecule has 0 aromatic heterocycles. The van der Waals surface area contributed by atoms with Crippen LogP contribution in [0.5, 0.6) is 0 Å². The Bertz CT molecular complexity index is 508. The first-order valence-corrected chi connectivity index (χ1v) is 6.71. The molecule has 2 aromatic rings. The first-order valence-electron chi connectivity index (χ1n) is 5.95. The molecule has 0 bridgehead atoms. The van der Waals surface area contributed by atoms with Crippen molar-refractivity contribution in [1.82, 2.24) is 5.32 Å². The zero-order valence-corrected chi connectivity index (χ0v) is 11.7. The summed E-state index contributed by atoms with van der Waals surface area (Å²) in [6, 6.07) is 15.9. The Morgan fingerprint density at radius 2 is 1.67 bits per heavy atom. The summed E-state index contributed by atoms with van der Waals surface area (Å²) < 4.78 is 0. The third kappa shape index (κ3) is 3.05. The molecule has 2 rings (SSSR count). The van der Waals surface area contributed by atoms with Crippen molar-refractivity contribution in [2.45, 2.75) is 13.0 Å². The van der Waals surface area contributed by atoms with Crippen LogP contribution in [0.4, 0.5) is 0 Å². The zero-order valence-electron chi connectivity index (χ0n) is 10.2. The van der Waals surface area contributed by atoms with Gasteiger partial charge in [0.05, 0.1) is 6.04 Å². The molecule has 0 amide bonds. The summed E-state index contributed by atoms with van der Waals surface area (Å²) in [7, 11) is 0. The van der Waals surface area contributed by atoms with E-state index in [9.17, 15) is 0 Å². The van der Waals surface area contributed by atoms with Crippen molar-refractivity contribution in [3.8, 4) is 0 Å². The molecule has 1 nitrogen and oxygen atoms in total. The van der Waals surface area contributed by atoms with Crippen molar-refractivity contribution in [2.75, 3.05) is 6.54 Å². The average Bonchev–Trinajstić information content (AvgIpc) is 2.38. The highest BCUT2D eigenvalue weighted by atomic mass is 35.5. The summed E-state index contributed by atoms with van der Waals surface area (Å²) in [4.78, 5) is 0. The van der Waals surface area contributed by atoms with Gasteiger partial charge in [0, 0.05) is 10.0 Å². The van der Waals surface area contributed by atoms with E-state index >= 15 is 0 Å². The molecular formula is C15H15Cl2N. The van der Waals surface area contributed by atoms with Crippen LogP contribution in [0.25, 0.3) is 0 Å². The Labute approximate surface area is 118 Å². The summed E-state index contributed by atoms with van der Waals surface area (Å²) in [6.07, 6.45) is 0. The fourth-order valence-corrected chi connectivity index (χ4v) is 2.35. The van der Waals surface area contributed by atoms with Crippen molar-refractivity contribution < 1.29 is 0 Å². The van der Waals surface area contributed by atoms with E-state index in [0.717, 1.165) is 27.7 Å². The van der Waals surface area contributed by atoms with Crippen LogP contribution in [0.15, 0.2) is 48.5 Å². The largest absolute Gasteiger partial charge is 0.306 e. The van der Waals surface area contributed by atoms with Crippen LogP contribution < -0.4 is 5.32 Å². The van der Waals surface area contributed by atoms with Crippen LogP contribution >= 0.6 is 23.2 Å². The molecule has 0 heterocycles. The predicted octanol–water partition coefficient (Wildman–Crippen LogP) is 4.69. The number of nitrogens with one attached hydrogen (secondary N) is 1. The SMILES string of the molecule is CCNC(c1ccc(Cl)cc1)c1ccccc1Cl.